The van der Waals surface area contributed by atoms with Gasteiger partial charge in [-0.25, -0.2) is 24.1 Å². The van der Waals surface area contributed by atoms with Crippen LogP contribution in [0.15, 0.2) is 18.5 Å². The number of hydrogen-bond acceptors (Lipinski definition) is 8. The first kappa shape index (κ1) is 22.6. The van der Waals surface area contributed by atoms with E-state index in [0.717, 1.165) is 25.7 Å². The number of carbonyl (C=O) groups excluding carboxylic acids is 1. The third-order valence-electron chi connectivity index (χ3n) is 7.03. The molecule has 0 radical (unpaired) electrons. The van der Waals surface area contributed by atoms with Gasteiger partial charge in [0.2, 0.25) is 5.67 Å². The van der Waals surface area contributed by atoms with Crippen molar-refractivity contribution >= 4 is 28.9 Å². The minimum absolute atomic E-state index is 0.0551. The number of nitrogens with zero attached hydrogens (tertiary/aromatic N) is 5. The number of halogens is 2. The molecular weight excluding hydrogens is 477 g/mol. The van der Waals surface area contributed by atoms with Gasteiger partial charge in [-0.1, -0.05) is 31.4 Å². The van der Waals surface area contributed by atoms with Crippen molar-refractivity contribution in [3.05, 3.63) is 35.1 Å². The summed E-state index contributed by atoms with van der Waals surface area (Å²) < 4.78 is 23.0. The van der Waals surface area contributed by atoms with Crippen LogP contribution in [0.4, 0.5) is 9.18 Å². The number of hydrogen-bond donors (Lipinski definition) is 2. The van der Waals surface area contributed by atoms with Crippen LogP contribution in [0.5, 0.6) is 0 Å². The van der Waals surface area contributed by atoms with Crippen LogP contribution in [0.2, 0.25) is 5.02 Å². The van der Waals surface area contributed by atoms with Gasteiger partial charge in [0.25, 0.3) is 0 Å². The lowest BCUT2D eigenvalue weighted by Gasteiger charge is -2.34. The fraction of sp³-hybridized carbons (Fsp3) is 0.522. The Labute approximate surface area is 205 Å². The highest BCUT2D eigenvalue weighted by molar-refractivity contribution is 6.30. The number of alkyl halides is 1. The highest BCUT2D eigenvalue weighted by Crippen LogP contribution is 2.39. The summed E-state index contributed by atoms with van der Waals surface area (Å²) in [5.41, 5.74) is 2.95. The first-order valence-electron chi connectivity index (χ1n) is 11.8. The molecule has 2 saturated heterocycles. The van der Waals surface area contributed by atoms with Crippen LogP contribution in [0, 0.1) is 11.8 Å². The molecular formula is C23H25ClFN7O3. The van der Waals surface area contributed by atoms with E-state index in [1.54, 1.807) is 12.3 Å². The maximum atomic E-state index is 15.8. The van der Waals surface area contributed by atoms with E-state index in [9.17, 15) is 4.79 Å². The molecule has 35 heavy (non-hydrogen) atoms. The van der Waals surface area contributed by atoms with Gasteiger partial charge in [-0.15, -0.1) is 5.48 Å². The van der Waals surface area contributed by atoms with E-state index in [2.05, 4.69) is 32.7 Å². The minimum atomic E-state index is -1.70. The third kappa shape index (κ3) is 4.11. The van der Waals surface area contributed by atoms with E-state index in [1.807, 2.05) is 4.57 Å². The summed E-state index contributed by atoms with van der Waals surface area (Å²) in [6, 6.07) is 1.74. The Morgan fingerprint density at radius 2 is 2.00 bits per heavy atom. The molecule has 5 heterocycles. The van der Waals surface area contributed by atoms with Crippen molar-refractivity contribution in [2.75, 3.05) is 13.2 Å². The average Bonchev–Trinajstić information content (AvgIpc) is 3.42. The molecule has 2 aliphatic heterocycles. The Morgan fingerprint density at radius 1 is 1.20 bits per heavy atom. The van der Waals surface area contributed by atoms with Crippen molar-refractivity contribution in [3.8, 4) is 11.3 Å². The summed E-state index contributed by atoms with van der Waals surface area (Å²) in [5, 5.41) is 3.04. The molecule has 1 aliphatic carbocycles. The molecule has 1 atom stereocenters. The largest absolute Gasteiger partial charge is 0.427 e. The van der Waals surface area contributed by atoms with E-state index >= 15 is 4.39 Å². The molecule has 6 rings (SSSR count). The smallest absolute Gasteiger partial charge is 0.374 e. The quantitative estimate of drug-likeness (QED) is 0.542. The zero-order chi connectivity index (χ0) is 24.2. The highest BCUT2D eigenvalue weighted by Gasteiger charge is 2.46. The van der Waals surface area contributed by atoms with Gasteiger partial charge in [0.15, 0.2) is 23.5 Å². The summed E-state index contributed by atoms with van der Waals surface area (Å²) in [6.07, 6.45) is 6.19. The molecule has 184 valence electrons. The predicted octanol–water partition coefficient (Wildman–Crippen LogP) is 3.81. The van der Waals surface area contributed by atoms with Crippen LogP contribution in [-0.4, -0.2) is 43.8 Å². The van der Waals surface area contributed by atoms with Gasteiger partial charge in [0, 0.05) is 24.5 Å². The first-order chi connectivity index (χ1) is 16.9. The molecule has 2 N–H and O–H groups in total. The number of aromatic nitrogens is 5. The van der Waals surface area contributed by atoms with E-state index in [1.165, 1.54) is 6.20 Å². The van der Waals surface area contributed by atoms with E-state index < -0.39 is 17.9 Å². The molecule has 3 aromatic rings. The Morgan fingerprint density at radius 3 is 2.66 bits per heavy atom. The monoisotopic (exact) mass is 501 g/mol. The fourth-order valence-electron chi connectivity index (χ4n) is 5.03. The molecule has 0 spiro atoms. The van der Waals surface area contributed by atoms with Gasteiger partial charge < -0.3 is 14.1 Å². The van der Waals surface area contributed by atoms with Crippen LogP contribution in [-0.2, 0) is 21.8 Å². The number of rotatable bonds is 5. The molecule has 0 bridgehead atoms. The lowest BCUT2D eigenvalue weighted by Crippen LogP contribution is -2.45. The van der Waals surface area contributed by atoms with Crippen molar-refractivity contribution in [2.45, 2.75) is 51.0 Å². The van der Waals surface area contributed by atoms with Crippen molar-refractivity contribution in [1.29, 1.82) is 0 Å². The lowest BCUT2D eigenvalue weighted by atomic mass is 9.83. The molecule has 12 heteroatoms. The maximum absolute atomic E-state index is 15.8. The molecule has 3 fully saturated rings. The standard InChI is InChI=1S/C23H25ClFN7O3/c1-12-2-4-13(5-3-12)9-32-17-16(14-6-15(24)8-26-7-14)27-19(20-30-22(33)35-31-20)28-18(17)29-21(32)23(25)10-34-11-23/h6-8,12-13,20,31H,2-5,9-11H2,1H3,(H,30,33). The highest BCUT2D eigenvalue weighted by atomic mass is 35.5. The van der Waals surface area contributed by atoms with Crippen LogP contribution >= 0.6 is 11.6 Å². The summed E-state index contributed by atoms with van der Waals surface area (Å²) in [5.74, 6) is 1.62. The van der Waals surface area contributed by atoms with Gasteiger partial charge >= 0.3 is 6.09 Å². The number of ether oxygens (including phenoxy) is 1. The number of imidazole rings is 1. The van der Waals surface area contributed by atoms with Crippen molar-refractivity contribution < 1.29 is 18.8 Å². The van der Waals surface area contributed by atoms with Crippen LogP contribution in [0.25, 0.3) is 22.4 Å². The summed E-state index contributed by atoms with van der Waals surface area (Å²) >= 11 is 6.26. The predicted molar refractivity (Wildman–Crippen MR) is 124 cm³/mol. The van der Waals surface area contributed by atoms with E-state index in [0.29, 0.717) is 51.6 Å². The normalized spacial score (nSPS) is 25.8. The second-order valence-corrected chi connectivity index (χ2v) is 10.1. The fourth-order valence-corrected chi connectivity index (χ4v) is 5.21. The Hall–Kier alpha value is -2.89. The molecule has 3 aliphatic rings. The van der Waals surface area contributed by atoms with E-state index in [-0.39, 0.29) is 19.0 Å². The van der Waals surface area contributed by atoms with Gasteiger partial charge in [-0.05, 0) is 30.7 Å². The lowest BCUT2D eigenvalue weighted by molar-refractivity contribution is -0.141. The summed E-state index contributed by atoms with van der Waals surface area (Å²) in [7, 11) is 0. The Balaban J connectivity index is 1.54. The van der Waals surface area contributed by atoms with Gasteiger partial charge in [-0.2, -0.15) is 0 Å². The van der Waals surface area contributed by atoms with Crippen molar-refractivity contribution in [2.24, 2.45) is 11.8 Å². The van der Waals surface area contributed by atoms with Crippen LogP contribution in [0.1, 0.15) is 50.4 Å². The summed E-state index contributed by atoms with van der Waals surface area (Å²) in [4.78, 5) is 34.6. The number of hydroxylamine groups is 1. The summed E-state index contributed by atoms with van der Waals surface area (Å²) in [6.45, 7) is 2.77. The second kappa shape index (κ2) is 8.65. The molecule has 10 nitrogen and oxygen atoms in total. The average molecular weight is 502 g/mol. The van der Waals surface area contributed by atoms with Gasteiger partial charge in [0.05, 0.1) is 18.2 Å². The SMILES string of the molecule is CC1CCC(Cn2c(C3(F)COC3)nc3nc(C4NOC(=O)N4)nc(-c4cncc(Cl)c4)c32)CC1. The molecule has 0 aromatic carbocycles. The van der Waals surface area contributed by atoms with Crippen LogP contribution < -0.4 is 10.8 Å². The third-order valence-corrected chi connectivity index (χ3v) is 7.23. The molecule has 1 amide bonds. The number of pyridine rings is 1. The van der Waals surface area contributed by atoms with Gasteiger partial charge in [-0.3, -0.25) is 10.3 Å². The maximum Gasteiger partial charge on any atom is 0.427 e. The number of carbonyl (C=O) groups is 1. The molecule has 1 unspecified atom stereocenters. The molecule has 1 saturated carbocycles. The van der Waals surface area contributed by atoms with Crippen molar-refractivity contribution in [1.82, 2.24) is 35.3 Å². The number of nitrogens with one attached hydrogen (secondary N) is 2. The zero-order valence-electron chi connectivity index (χ0n) is 19.1. The number of amides is 1. The van der Waals surface area contributed by atoms with Crippen LogP contribution in [0.3, 0.4) is 0 Å². The second-order valence-electron chi connectivity index (χ2n) is 9.71. The zero-order valence-corrected chi connectivity index (χ0v) is 19.9. The van der Waals surface area contributed by atoms with E-state index in [4.69, 9.17) is 26.2 Å². The molecule has 3 aromatic heterocycles. The Bertz CT molecular complexity index is 1290. The number of fused-ring (bicyclic) bond motifs is 1. The first-order valence-corrected chi connectivity index (χ1v) is 12.2. The Kier molecular flexibility index (Phi) is 5.58. The topological polar surface area (TPSA) is 116 Å². The van der Waals surface area contributed by atoms with Gasteiger partial charge in [0.1, 0.15) is 11.2 Å². The van der Waals surface area contributed by atoms with Crippen molar-refractivity contribution in [3.63, 3.8) is 0 Å². The minimum Gasteiger partial charge on any atom is -0.374 e.